The van der Waals surface area contributed by atoms with Gasteiger partial charge in [0.25, 0.3) is 5.91 Å². The van der Waals surface area contributed by atoms with E-state index in [1.54, 1.807) is 24.3 Å². The van der Waals surface area contributed by atoms with E-state index in [2.05, 4.69) is 15.5 Å². The zero-order valence-corrected chi connectivity index (χ0v) is 9.88. The molecular formula is C12H12N4O3. The van der Waals surface area contributed by atoms with Gasteiger partial charge in [-0.3, -0.25) is 14.7 Å². The van der Waals surface area contributed by atoms with E-state index in [1.807, 2.05) is 0 Å². The summed E-state index contributed by atoms with van der Waals surface area (Å²) >= 11 is 0. The zero-order chi connectivity index (χ0) is 13.8. The molecule has 1 amide bonds. The molecule has 0 aliphatic rings. The van der Waals surface area contributed by atoms with Gasteiger partial charge in [-0.2, -0.15) is 5.10 Å². The number of carboxylic acid groups (broad SMARTS) is 1. The number of amides is 1. The molecular weight excluding hydrogens is 248 g/mol. The lowest BCUT2D eigenvalue weighted by molar-refractivity contribution is -0.136. The highest BCUT2D eigenvalue weighted by atomic mass is 16.4. The number of nitrogens with one attached hydrogen (secondary N) is 2. The Hall–Kier alpha value is -2.83. The third-order valence-electron chi connectivity index (χ3n) is 2.48. The van der Waals surface area contributed by atoms with Gasteiger partial charge in [-0.05, 0) is 17.7 Å². The average Bonchev–Trinajstić information content (AvgIpc) is 2.79. The minimum atomic E-state index is -0.884. The summed E-state index contributed by atoms with van der Waals surface area (Å²) in [5, 5.41) is 18.0. The number of aromatic amines is 1. The average molecular weight is 260 g/mol. The van der Waals surface area contributed by atoms with E-state index in [-0.39, 0.29) is 12.0 Å². The Morgan fingerprint density at radius 1 is 1.32 bits per heavy atom. The molecule has 2 aromatic rings. The molecule has 0 unspecified atom stereocenters. The van der Waals surface area contributed by atoms with Gasteiger partial charge in [0.1, 0.15) is 11.4 Å². The Morgan fingerprint density at radius 2 is 2.00 bits per heavy atom. The summed E-state index contributed by atoms with van der Waals surface area (Å²) in [6.07, 6.45) is 1.31. The number of H-pyrrole nitrogens is 1. The maximum Gasteiger partial charge on any atom is 0.307 e. The molecule has 0 fully saturated rings. The summed E-state index contributed by atoms with van der Waals surface area (Å²) in [5.74, 6) is -1.07. The quantitative estimate of drug-likeness (QED) is 0.635. The predicted molar refractivity (Wildman–Crippen MR) is 68.2 cm³/mol. The summed E-state index contributed by atoms with van der Waals surface area (Å²) in [6, 6.07) is 6.81. The van der Waals surface area contributed by atoms with Crippen molar-refractivity contribution in [1.82, 2.24) is 10.2 Å². The van der Waals surface area contributed by atoms with Gasteiger partial charge in [0.2, 0.25) is 0 Å². The van der Waals surface area contributed by atoms with Crippen LogP contribution in [0.5, 0.6) is 0 Å². The Labute approximate surface area is 108 Å². The van der Waals surface area contributed by atoms with E-state index < -0.39 is 11.9 Å². The number of aliphatic carboxylic acids is 1. The molecule has 2 rings (SSSR count). The maximum absolute atomic E-state index is 11.1. The van der Waals surface area contributed by atoms with Crippen LogP contribution in [-0.4, -0.2) is 27.2 Å². The molecule has 19 heavy (non-hydrogen) atoms. The topological polar surface area (TPSA) is 121 Å². The Morgan fingerprint density at radius 3 is 2.58 bits per heavy atom. The number of nitrogens with two attached hydrogens (primary N) is 1. The van der Waals surface area contributed by atoms with Gasteiger partial charge in [-0.1, -0.05) is 12.1 Å². The molecule has 1 heterocycles. The lowest BCUT2D eigenvalue weighted by Gasteiger charge is -2.06. The molecule has 0 spiro atoms. The van der Waals surface area contributed by atoms with Crippen LogP contribution in [0.2, 0.25) is 0 Å². The van der Waals surface area contributed by atoms with Crippen LogP contribution in [0.4, 0.5) is 11.5 Å². The highest BCUT2D eigenvalue weighted by Crippen LogP contribution is 2.18. The van der Waals surface area contributed by atoms with Gasteiger partial charge in [0.15, 0.2) is 0 Å². The molecule has 0 aliphatic carbocycles. The standard InChI is InChI=1S/C12H12N4O3/c13-11(19)9-6-14-16-12(9)15-8-3-1-7(2-4-8)5-10(17)18/h1-4,6H,5H2,(H2,13,19)(H,17,18)(H2,14,15,16). The Balaban J connectivity index is 2.13. The van der Waals surface area contributed by atoms with Crippen molar-refractivity contribution >= 4 is 23.4 Å². The molecule has 0 radical (unpaired) electrons. The normalized spacial score (nSPS) is 10.1. The Kier molecular flexibility index (Phi) is 3.46. The number of anilines is 2. The second-order valence-corrected chi connectivity index (χ2v) is 3.92. The fourth-order valence-corrected chi connectivity index (χ4v) is 1.59. The van der Waals surface area contributed by atoms with E-state index >= 15 is 0 Å². The van der Waals surface area contributed by atoms with Gasteiger partial charge in [0, 0.05) is 5.69 Å². The number of aromatic nitrogens is 2. The zero-order valence-electron chi connectivity index (χ0n) is 9.88. The number of hydrogen-bond donors (Lipinski definition) is 4. The lowest BCUT2D eigenvalue weighted by atomic mass is 10.1. The fourth-order valence-electron chi connectivity index (χ4n) is 1.59. The van der Waals surface area contributed by atoms with E-state index in [0.29, 0.717) is 17.1 Å². The molecule has 1 aromatic carbocycles. The molecule has 1 aromatic heterocycles. The fraction of sp³-hybridized carbons (Fsp3) is 0.0833. The van der Waals surface area contributed by atoms with Crippen molar-refractivity contribution in [2.75, 3.05) is 5.32 Å². The molecule has 7 nitrogen and oxygen atoms in total. The van der Waals surface area contributed by atoms with Crippen molar-refractivity contribution in [3.8, 4) is 0 Å². The number of primary amides is 1. The van der Waals surface area contributed by atoms with Crippen molar-refractivity contribution in [2.24, 2.45) is 5.73 Å². The number of rotatable bonds is 5. The summed E-state index contributed by atoms with van der Waals surface area (Å²) in [7, 11) is 0. The molecule has 7 heteroatoms. The molecule has 5 N–H and O–H groups in total. The van der Waals surface area contributed by atoms with Crippen LogP contribution in [0.15, 0.2) is 30.5 Å². The predicted octanol–water partition coefficient (Wildman–Crippen LogP) is 0.879. The maximum atomic E-state index is 11.1. The Bertz CT molecular complexity index is 604. The van der Waals surface area contributed by atoms with Gasteiger partial charge in [0.05, 0.1) is 12.6 Å². The number of carbonyl (C=O) groups is 2. The minimum Gasteiger partial charge on any atom is -0.481 e. The van der Waals surface area contributed by atoms with Crippen molar-refractivity contribution in [2.45, 2.75) is 6.42 Å². The second-order valence-electron chi connectivity index (χ2n) is 3.92. The van der Waals surface area contributed by atoms with E-state index in [9.17, 15) is 9.59 Å². The first-order chi connectivity index (χ1) is 9.06. The van der Waals surface area contributed by atoms with Crippen molar-refractivity contribution in [3.05, 3.63) is 41.6 Å². The van der Waals surface area contributed by atoms with Crippen LogP contribution in [0.1, 0.15) is 15.9 Å². The monoisotopic (exact) mass is 260 g/mol. The molecule has 0 atom stereocenters. The molecule has 98 valence electrons. The minimum absolute atomic E-state index is 0.0309. The summed E-state index contributed by atoms with van der Waals surface area (Å²) in [6.45, 7) is 0. The molecule has 0 bridgehead atoms. The first-order valence-electron chi connectivity index (χ1n) is 5.47. The number of carboxylic acids is 1. The first-order valence-corrected chi connectivity index (χ1v) is 5.47. The third kappa shape index (κ3) is 3.09. The van der Waals surface area contributed by atoms with Crippen LogP contribution < -0.4 is 11.1 Å². The van der Waals surface area contributed by atoms with Gasteiger partial charge in [-0.25, -0.2) is 0 Å². The van der Waals surface area contributed by atoms with Gasteiger partial charge >= 0.3 is 5.97 Å². The number of benzene rings is 1. The summed E-state index contributed by atoms with van der Waals surface area (Å²) in [4.78, 5) is 21.7. The van der Waals surface area contributed by atoms with E-state index in [4.69, 9.17) is 10.8 Å². The van der Waals surface area contributed by atoms with Gasteiger partial charge < -0.3 is 16.2 Å². The highest BCUT2D eigenvalue weighted by molar-refractivity contribution is 5.98. The van der Waals surface area contributed by atoms with Crippen molar-refractivity contribution in [1.29, 1.82) is 0 Å². The molecule has 0 aliphatic heterocycles. The first kappa shape index (κ1) is 12.6. The summed E-state index contributed by atoms with van der Waals surface area (Å²) in [5.41, 5.74) is 6.83. The van der Waals surface area contributed by atoms with E-state index in [0.717, 1.165) is 0 Å². The molecule has 0 saturated heterocycles. The van der Waals surface area contributed by atoms with Crippen molar-refractivity contribution in [3.63, 3.8) is 0 Å². The lowest BCUT2D eigenvalue weighted by Crippen LogP contribution is -2.12. The largest absolute Gasteiger partial charge is 0.481 e. The smallest absolute Gasteiger partial charge is 0.307 e. The van der Waals surface area contributed by atoms with Crippen LogP contribution in [-0.2, 0) is 11.2 Å². The van der Waals surface area contributed by atoms with Crippen LogP contribution in [0.25, 0.3) is 0 Å². The van der Waals surface area contributed by atoms with Crippen LogP contribution in [0, 0.1) is 0 Å². The number of nitrogens with zero attached hydrogens (tertiary/aromatic N) is 1. The second kappa shape index (κ2) is 5.21. The summed E-state index contributed by atoms with van der Waals surface area (Å²) < 4.78 is 0. The highest BCUT2D eigenvalue weighted by Gasteiger charge is 2.10. The third-order valence-corrected chi connectivity index (χ3v) is 2.48. The van der Waals surface area contributed by atoms with Crippen LogP contribution >= 0.6 is 0 Å². The van der Waals surface area contributed by atoms with Gasteiger partial charge in [-0.15, -0.1) is 0 Å². The molecule has 0 saturated carbocycles. The van der Waals surface area contributed by atoms with E-state index in [1.165, 1.54) is 6.20 Å². The van der Waals surface area contributed by atoms with Crippen LogP contribution in [0.3, 0.4) is 0 Å². The SMILES string of the molecule is NC(=O)c1cn[nH]c1Nc1ccc(CC(=O)O)cc1. The van der Waals surface area contributed by atoms with Crippen molar-refractivity contribution < 1.29 is 14.7 Å². The number of carbonyl (C=O) groups excluding carboxylic acids is 1. The number of hydrogen-bond acceptors (Lipinski definition) is 4.